The number of aliphatic hydroxyl groups excluding tert-OH is 1. The maximum Gasteiger partial charge on any atom is 0.138 e. The summed E-state index contributed by atoms with van der Waals surface area (Å²) < 4.78 is 5.22. The lowest BCUT2D eigenvalue weighted by atomic mass is 10.1. The maximum absolute atomic E-state index is 9.81. The fourth-order valence-electron chi connectivity index (χ4n) is 1.96. The topological polar surface area (TPSA) is 45.6 Å². The van der Waals surface area contributed by atoms with E-state index in [0.717, 1.165) is 22.8 Å². The first-order valence-electron chi connectivity index (χ1n) is 6.14. The van der Waals surface area contributed by atoms with E-state index in [1.807, 2.05) is 48.3 Å². The van der Waals surface area contributed by atoms with E-state index in [2.05, 4.69) is 4.98 Å². The number of hydrogen-bond donors (Lipinski definition) is 1. The molecule has 0 fully saturated rings. The molecule has 1 N–H and O–H groups in total. The number of nitrogens with zero attached hydrogens (tertiary/aromatic N) is 2. The van der Waals surface area contributed by atoms with Crippen LogP contribution in [-0.4, -0.2) is 24.2 Å². The van der Waals surface area contributed by atoms with Crippen molar-refractivity contribution in [1.29, 1.82) is 0 Å². The predicted molar refractivity (Wildman–Crippen MR) is 75.9 cm³/mol. The Kier molecular flexibility index (Phi) is 4.02. The van der Waals surface area contributed by atoms with Gasteiger partial charge in [-0.2, -0.15) is 0 Å². The monoisotopic (exact) mass is 258 g/mol. The number of rotatable bonds is 4. The lowest BCUT2D eigenvalue weighted by molar-refractivity contribution is 0.199. The number of hydrogen-bond acceptors (Lipinski definition) is 4. The van der Waals surface area contributed by atoms with Crippen LogP contribution in [0.15, 0.2) is 42.6 Å². The second-order valence-electron chi connectivity index (χ2n) is 4.35. The van der Waals surface area contributed by atoms with E-state index in [1.165, 1.54) is 0 Å². The SMILES string of the molecule is COc1cccc(N(C)c2ncccc2[C@H](C)O)c1. The molecule has 1 atom stereocenters. The van der Waals surface area contributed by atoms with Gasteiger partial charge in [-0.3, -0.25) is 0 Å². The summed E-state index contributed by atoms with van der Waals surface area (Å²) >= 11 is 0. The number of aromatic nitrogens is 1. The first kappa shape index (κ1) is 13.4. The summed E-state index contributed by atoms with van der Waals surface area (Å²) in [4.78, 5) is 6.29. The molecule has 2 rings (SSSR count). The van der Waals surface area contributed by atoms with Crippen LogP contribution in [0.4, 0.5) is 11.5 Å². The molecule has 0 saturated carbocycles. The van der Waals surface area contributed by atoms with Crippen LogP contribution in [0.1, 0.15) is 18.6 Å². The van der Waals surface area contributed by atoms with Gasteiger partial charge in [0, 0.05) is 30.6 Å². The second kappa shape index (κ2) is 5.71. The third-order valence-corrected chi connectivity index (χ3v) is 3.03. The highest BCUT2D eigenvalue weighted by Gasteiger charge is 2.14. The fraction of sp³-hybridized carbons (Fsp3) is 0.267. The molecule has 1 aromatic carbocycles. The van der Waals surface area contributed by atoms with Crippen LogP contribution in [0.25, 0.3) is 0 Å². The summed E-state index contributed by atoms with van der Waals surface area (Å²) in [5.41, 5.74) is 1.76. The fourth-order valence-corrected chi connectivity index (χ4v) is 1.96. The second-order valence-corrected chi connectivity index (χ2v) is 4.35. The zero-order chi connectivity index (χ0) is 13.8. The minimum absolute atomic E-state index is 0.559. The van der Waals surface area contributed by atoms with Crippen molar-refractivity contribution in [2.75, 3.05) is 19.1 Å². The molecule has 0 radical (unpaired) electrons. The van der Waals surface area contributed by atoms with E-state index in [4.69, 9.17) is 4.74 Å². The van der Waals surface area contributed by atoms with Crippen molar-refractivity contribution in [3.63, 3.8) is 0 Å². The molecule has 1 aromatic heterocycles. The lowest BCUT2D eigenvalue weighted by Crippen LogP contribution is -2.14. The van der Waals surface area contributed by atoms with Crippen molar-refractivity contribution < 1.29 is 9.84 Å². The molecule has 19 heavy (non-hydrogen) atoms. The molecular formula is C15H18N2O2. The van der Waals surface area contributed by atoms with Crippen LogP contribution in [0.5, 0.6) is 5.75 Å². The first-order valence-corrected chi connectivity index (χ1v) is 6.14. The van der Waals surface area contributed by atoms with Crippen molar-refractivity contribution >= 4 is 11.5 Å². The van der Waals surface area contributed by atoms with Crippen molar-refractivity contribution in [1.82, 2.24) is 4.98 Å². The smallest absolute Gasteiger partial charge is 0.138 e. The third-order valence-electron chi connectivity index (χ3n) is 3.03. The molecule has 4 nitrogen and oxygen atoms in total. The normalized spacial score (nSPS) is 12.0. The minimum Gasteiger partial charge on any atom is -0.497 e. The Labute approximate surface area is 113 Å². The molecule has 0 aliphatic carbocycles. The molecule has 0 unspecified atom stereocenters. The van der Waals surface area contributed by atoms with Gasteiger partial charge >= 0.3 is 0 Å². The van der Waals surface area contributed by atoms with E-state index in [9.17, 15) is 5.11 Å². The van der Waals surface area contributed by atoms with Crippen LogP contribution in [0.3, 0.4) is 0 Å². The molecule has 1 heterocycles. The number of benzene rings is 1. The molecule has 0 aliphatic rings. The van der Waals surface area contributed by atoms with Crippen LogP contribution in [0, 0.1) is 0 Å². The maximum atomic E-state index is 9.81. The Bertz CT molecular complexity index is 555. The van der Waals surface area contributed by atoms with Crippen molar-refractivity contribution in [2.45, 2.75) is 13.0 Å². The van der Waals surface area contributed by atoms with Gasteiger partial charge in [0.25, 0.3) is 0 Å². The summed E-state index contributed by atoms with van der Waals surface area (Å²) in [6.45, 7) is 1.74. The summed E-state index contributed by atoms with van der Waals surface area (Å²) in [6, 6.07) is 11.4. The van der Waals surface area contributed by atoms with Crippen molar-refractivity contribution in [2.24, 2.45) is 0 Å². The minimum atomic E-state index is -0.559. The molecular weight excluding hydrogens is 240 g/mol. The van der Waals surface area contributed by atoms with Gasteiger partial charge < -0.3 is 14.7 Å². The van der Waals surface area contributed by atoms with Gasteiger partial charge in [0.05, 0.1) is 13.2 Å². The van der Waals surface area contributed by atoms with Crippen LogP contribution in [-0.2, 0) is 0 Å². The number of anilines is 2. The molecule has 2 aromatic rings. The van der Waals surface area contributed by atoms with E-state index in [0.29, 0.717) is 0 Å². The molecule has 0 spiro atoms. The number of aliphatic hydroxyl groups is 1. The average molecular weight is 258 g/mol. The summed E-state index contributed by atoms with van der Waals surface area (Å²) in [5.74, 6) is 1.53. The summed E-state index contributed by atoms with van der Waals surface area (Å²) in [6.07, 6.45) is 1.16. The molecule has 0 saturated heterocycles. The number of ether oxygens (including phenoxy) is 1. The molecule has 0 aliphatic heterocycles. The zero-order valence-electron chi connectivity index (χ0n) is 11.4. The number of pyridine rings is 1. The van der Waals surface area contributed by atoms with Gasteiger partial charge in [-0.1, -0.05) is 12.1 Å². The Morgan fingerprint density at radius 2 is 2.05 bits per heavy atom. The van der Waals surface area contributed by atoms with E-state index >= 15 is 0 Å². The van der Waals surface area contributed by atoms with Crippen molar-refractivity contribution in [3.05, 3.63) is 48.2 Å². The Balaban J connectivity index is 2.40. The van der Waals surface area contributed by atoms with Gasteiger partial charge in [0.1, 0.15) is 11.6 Å². The Hall–Kier alpha value is -2.07. The van der Waals surface area contributed by atoms with Gasteiger partial charge in [-0.25, -0.2) is 4.98 Å². The van der Waals surface area contributed by atoms with Crippen LogP contribution >= 0.6 is 0 Å². The van der Waals surface area contributed by atoms with Gasteiger partial charge in [0.15, 0.2) is 0 Å². The standard InChI is InChI=1S/C15H18N2O2/c1-11(18)14-8-5-9-16-15(14)17(2)12-6-4-7-13(10-12)19-3/h4-11,18H,1-3H3/t11-/m0/s1. The molecule has 0 amide bonds. The average Bonchev–Trinajstić information content (AvgIpc) is 2.46. The summed E-state index contributed by atoms with van der Waals surface area (Å²) in [7, 11) is 3.56. The van der Waals surface area contributed by atoms with Crippen LogP contribution in [0.2, 0.25) is 0 Å². The Morgan fingerprint density at radius 1 is 1.26 bits per heavy atom. The lowest BCUT2D eigenvalue weighted by Gasteiger charge is -2.22. The highest BCUT2D eigenvalue weighted by atomic mass is 16.5. The van der Waals surface area contributed by atoms with E-state index in [-0.39, 0.29) is 0 Å². The quantitative estimate of drug-likeness (QED) is 0.916. The highest BCUT2D eigenvalue weighted by molar-refractivity contribution is 5.63. The molecule has 100 valence electrons. The molecule has 0 bridgehead atoms. The van der Waals surface area contributed by atoms with Crippen LogP contribution < -0.4 is 9.64 Å². The third kappa shape index (κ3) is 2.85. The van der Waals surface area contributed by atoms with E-state index < -0.39 is 6.10 Å². The Morgan fingerprint density at radius 3 is 2.74 bits per heavy atom. The zero-order valence-corrected chi connectivity index (χ0v) is 11.4. The van der Waals surface area contributed by atoms with Gasteiger partial charge in [0.2, 0.25) is 0 Å². The van der Waals surface area contributed by atoms with Crippen molar-refractivity contribution in [3.8, 4) is 5.75 Å². The molecule has 4 heteroatoms. The van der Waals surface area contributed by atoms with Gasteiger partial charge in [-0.15, -0.1) is 0 Å². The summed E-state index contributed by atoms with van der Waals surface area (Å²) in [5, 5.41) is 9.81. The first-order chi connectivity index (χ1) is 9.13. The number of methoxy groups -OCH3 is 1. The largest absolute Gasteiger partial charge is 0.497 e. The van der Waals surface area contributed by atoms with Gasteiger partial charge in [-0.05, 0) is 25.1 Å². The predicted octanol–water partition coefficient (Wildman–Crippen LogP) is 2.91. The highest BCUT2D eigenvalue weighted by Crippen LogP contribution is 2.30. The van der Waals surface area contributed by atoms with E-state index in [1.54, 1.807) is 20.2 Å².